The third kappa shape index (κ3) is 4.38. The quantitative estimate of drug-likeness (QED) is 0.727. The SMILES string of the molecule is COc1cccc(CCCC(F)(F)Cl)c1OC. The van der Waals surface area contributed by atoms with E-state index in [4.69, 9.17) is 21.1 Å². The van der Waals surface area contributed by atoms with Gasteiger partial charge in [-0.15, -0.1) is 0 Å². The highest BCUT2D eigenvalue weighted by Crippen LogP contribution is 2.33. The van der Waals surface area contributed by atoms with Crippen molar-refractivity contribution in [2.75, 3.05) is 14.2 Å². The van der Waals surface area contributed by atoms with Crippen LogP contribution in [0.5, 0.6) is 11.5 Å². The van der Waals surface area contributed by atoms with Crippen LogP contribution >= 0.6 is 11.6 Å². The van der Waals surface area contributed by atoms with Gasteiger partial charge in [0.1, 0.15) is 0 Å². The Bertz CT molecular complexity index is 364. The van der Waals surface area contributed by atoms with Crippen LogP contribution in [0.1, 0.15) is 18.4 Å². The molecule has 0 atom stereocenters. The number of ether oxygens (including phenoxy) is 2. The number of para-hydroxylation sites is 1. The van der Waals surface area contributed by atoms with Gasteiger partial charge >= 0.3 is 5.38 Å². The number of methoxy groups -OCH3 is 2. The number of hydrogen-bond acceptors (Lipinski definition) is 2. The summed E-state index contributed by atoms with van der Waals surface area (Å²) in [5.41, 5.74) is 0.841. The fraction of sp³-hybridized carbons (Fsp3) is 0.500. The maximum atomic E-state index is 12.5. The van der Waals surface area contributed by atoms with Crippen molar-refractivity contribution < 1.29 is 18.3 Å². The standard InChI is InChI=1S/C12H15ClF2O2/c1-16-10-7-3-5-9(11(10)17-2)6-4-8-12(13,14)15/h3,5,7H,4,6,8H2,1-2H3. The molecule has 0 amide bonds. The predicted molar refractivity (Wildman–Crippen MR) is 63.3 cm³/mol. The molecule has 0 radical (unpaired) electrons. The second-order valence-corrected chi connectivity index (χ2v) is 4.17. The molecular formula is C12H15ClF2O2. The molecule has 0 unspecified atom stereocenters. The van der Waals surface area contributed by atoms with Crippen LogP contribution in [0.25, 0.3) is 0 Å². The van der Waals surface area contributed by atoms with Gasteiger partial charge in [-0.2, -0.15) is 8.78 Å². The Morgan fingerprint density at radius 1 is 1.24 bits per heavy atom. The summed E-state index contributed by atoms with van der Waals surface area (Å²) in [6.45, 7) is 0. The highest BCUT2D eigenvalue weighted by atomic mass is 35.5. The molecule has 0 spiro atoms. The average Bonchev–Trinajstić information content (AvgIpc) is 2.27. The molecule has 0 N–H and O–H groups in total. The minimum absolute atomic E-state index is 0.292. The van der Waals surface area contributed by atoms with Crippen LogP contribution in [-0.2, 0) is 6.42 Å². The lowest BCUT2D eigenvalue weighted by Gasteiger charge is -2.13. The summed E-state index contributed by atoms with van der Waals surface area (Å²) in [5.74, 6) is 1.19. The van der Waals surface area contributed by atoms with E-state index in [0.29, 0.717) is 24.3 Å². The van der Waals surface area contributed by atoms with Gasteiger partial charge in [0.05, 0.1) is 14.2 Å². The van der Waals surface area contributed by atoms with E-state index in [9.17, 15) is 8.78 Å². The number of alkyl halides is 3. The first-order valence-corrected chi connectivity index (χ1v) is 5.62. The van der Waals surface area contributed by atoms with Crippen molar-refractivity contribution in [3.8, 4) is 11.5 Å². The van der Waals surface area contributed by atoms with Crippen molar-refractivity contribution in [3.05, 3.63) is 23.8 Å². The third-order valence-electron chi connectivity index (χ3n) is 2.39. The molecule has 1 rings (SSSR count). The molecule has 0 heterocycles. The van der Waals surface area contributed by atoms with E-state index >= 15 is 0 Å². The molecule has 0 saturated heterocycles. The Morgan fingerprint density at radius 3 is 2.47 bits per heavy atom. The lowest BCUT2D eigenvalue weighted by molar-refractivity contribution is 0.0838. The number of benzene rings is 1. The first-order valence-electron chi connectivity index (χ1n) is 5.24. The van der Waals surface area contributed by atoms with Crippen LogP contribution in [-0.4, -0.2) is 19.6 Å². The summed E-state index contributed by atoms with van der Waals surface area (Å²) in [6, 6.07) is 5.39. The van der Waals surface area contributed by atoms with Crippen LogP contribution in [0.3, 0.4) is 0 Å². The first-order chi connectivity index (χ1) is 7.98. The van der Waals surface area contributed by atoms with Crippen LogP contribution < -0.4 is 9.47 Å². The van der Waals surface area contributed by atoms with Gasteiger partial charge in [0.2, 0.25) is 0 Å². The molecule has 0 aromatic heterocycles. The zero-order valence-electron chi connectivity index (χ0n) is 9.80. The van der Waals surface area contributed by atoms with E-state index in [0.717, 1.165) is 5.56 Å². The normalized spacial score (nSPS) is 11.4. The fourth-order valence-electron chi connectivity index (χ4n) is 1.63. The maximum absolute atomic E-state index is 12.5. The Kier molecular flexibility index (Phi) is 5.00. The molecule has 0 aliphatic rings. The molecule has 0 aliphatic heterocycles. The van der Waals surface area contributed by atoms with Crippen LogP contribution in [0.4, 0.5) is 8.78 Å². The van der Waals surface area contributed by atoms with Crippen molar-refractivity contribution >= 4 is 11.6 Å². The Labute approximate surface area is 104 Å². The first kappa shape index (κ1) is 14.0. The van der Waals surface area contributed by atoms with Gasteiger partial charge in [-0.25, -0.2) is 0 Å². The topological polar surface area (TPSA) is 18.5 Å². The molecule has 0 saturated carbocycles. The van der Waals surface area contributed by atoms with Crippen molar-refractivity contribution in [1.29, 1.82) is 0 Å². The number of halogens is 3. The van der Waals surface area contributed by atoms with E-state index in [1.54, 1.807) is 12.1 Å². The maximum Gasteiger partial charge on any atom is 0.321 e. The summed E-state index contributed by atoms with van der Waals surface area (Å²) in [5, 5.41) is -3.13. The smallest absolute Gasteiger partial charge is 0.321 e. The van der Waals surface area contributed by atoms with Gasteiger partial charge in [-0.05, 0) is 36.1 Å². The molecular weight excluding hydrogens is 250 g/mol. The summed E-state index contributed by atoms with van der Waals surface area (Å²) in [4.78, 5) is 0. The lowest BCUT2D eigenvalue weighted by atomic mass is 10.1. The summed E-state index contributed by atoms with van der Waals surface area (Å²) < 4.78 is 35.3. The summed E-state index contributed by atoms with van der Waals surface area (Å²) in [6.07, 6.45) is 0.414. The zero-order valence-corrected chi connectivity index (χ0v) is 10.6. The molecule has 96 valence electrons. The highest BCUT2D eigenvalue weighted by Gasteiger charge is 2.23. The summed E-state index contributed by atoms with van der Waals surface area (Å²) >= 11 is 4.84. The Morgan fingerprint density at radius 2 is 1.94 bits per heavy atom. The molecule has 0 fully saturated rings. The van der Waals surface area contributed by atoms with Crippen LogP contribution in [0.2, 0.25) is 0 Å². The second-order valence-electron chi connectivity index (χ2n) is 3.62. The minimum atomic E-state index is -3.13. The van der Waals surface area contributed by atoms with Crippen molar-refractivity contribution in [1.82, 2.24) is 0 Å². The van der Waals surface area contributed by atoms with Gasteiger partial charge in [0.15, 0.2) is 11.5 Å². The van der Waals surface area contributed by atoms with Crippen LogP contribution in [0.15, 0.2) is 18.2 Å². The second kappa shape index (κ2) is 6.05. The molecule has 5 heteroatoms. The van der Waals surface area contributed by atoms with Gasteiger partial charge in [-0.1, -0.05) is 12.1 Å². The van der Waals surface area contributed by atoms with Gasteiger partial charge in [-0.3, -0.25) is 0 Å². The number of rotatable bonds is 6. The number of aryl methyl sites for hydroxylation is 1. The van der Waals surface area contributed by atoms with E-state index in [1.807, 2.05) is 6.07 Å². The van der Waals surface area contributed by atoms with E-state index in [1.165, 1.54) is 14.2 Å². The monoisotopic (exact) mass is 264 g/mol. The predicted octanol–water partition coefficient (Wildman–Crippen LogP) is 3.86. The molecule has 1 aromatic rings. The molecule has 2 nitrogen and oxygen atoms in total. The molecule has 0 bridgehead atoms. The van der Waals surface area contributed by atoms with Gasteiger partial charge in [0, 0.05) is 6.42 Å². The number of hydrogen-bond donors (Lipinski definition) is 0. The minimum Gasteiger partial charge on any atom is -0.493 e. The van der Waals surface area contributed by atoms with Gasteiger partial charge in [0.25, 0.3) is 0 Å². The van der Waals surface area contributed by atoms with E-state index in [-0.39, 0.29) is 6.42 Å². The average molecular weight is 265 g/mol. The third-order valence-corrected chi connectivity index (χ3v) is 2.58. The fourth-order valence-corrected chi connectivity index (χ4v) is 1.76. The van der Waals surface area contributed by atoms with E-state index in [2.05, 4.69) is 0 Å². The molecule has 17 heavy (non-hydrogen) atoms. The van der Waals surface area contributed by atoms with Crippen molar-refractivity contribution in [3.63, 3.8) is 0 Å². The van der Waals surface area contributed by atoms with Crippen molar-refractivity contribution in [2.45, 2.75) is 24.6 Å². The van der Waals surface area contributed by atoms with Crippen LogP contribution in [0, 0.1) is 0 Å². The van der Waals surface area contributed by atoms with Crippen molar-refractivity contribution in [2.24, 2.45) is 0 Å². The Hall–Kier alpha value is -1.03. The zero-order chi connectivity index (χ0) is 12.9. The van der Waals surface area contributed by atoms with E-state index < -0.39 is 5.38 Å². The van der Waals surface area contributed by atoms with Gasteiger partial charge < -0.3 is 9.47 Å². The highest BCUT2D eigenvalue weighted by molar-refractivity contribution is 6.21. The molecule has 0 aliphatic carbocycles. The lowest BCUT2D eigenvalue weighted by Crippen LogP contribution is -2.06. The summed E-state index contributed by atoms with van der Waals surface area (Å²) in [7, 11) is 3.06. The largest absolute Gasteiger partial charge is 0.493 e. The Balaban J connectivity index is 2.70. The molecule has 1 aromatic carbocycles.